The molecule has 1 amide bonds. The zero-order chi connectivity index (χ0) is 15.9. The minimum atomic E-state index is -1.35. The van der Waals surface area contributed by atoms with E-state index in [1.165, 1.54) is 6.20 Å². The fraction of sp³-hybridized carbons (Fsp3) is 0.333. The van der Waals surface area contributed by atoms with Gasteiger partial charge in [-0.25, -0.2) is 8.78 Å². The lowest BCUT2D eigenvalue weighted by Gasteiger charge is -2.12. The molecule has 0 spiro atoms. The normalized spacial score (nSPS) is 15.7. The van der Waals surface area contributed by atoms with E-state index in [-0.39, 0.29) is 23.1 Å². The number of fused-ring (bicyclic) bond motifs is 1. The number of halogens is 2. The van der Waals surface area contributed by atoms with Gasteiger partial charge in [0.15, 0.2) is 17.6 Å². The van der Waals surface area contributed by atoms with Gasteiger partial charge in [0, 0.05) is 28.7 Å². The number of H-pyrrole nitrogens is 1. The number of amides is 1. The van der Waals surface area contributed by atoms with Crippen LogP contribution in [0.3, 0.4) is 0 Å². The molecule has 0 radical (unpaired) electrons. The summed E-state index contributed by atoms with van der Waals surface area (Å²) in [7, 11) is 0. The highest BCUT2D eigenvalue weighted by Gasteiger charge is 2.32. The number of aromatic amines is 1. The predicted molar refractivity (Wildman–Crippen MR) is 73.8 cm³/mol. The van der Waals surface area contributed by atoms with Gasteiger partial charge in [0.2, 0.25) is 5.91 Å². The number of hydrogen-bond donors (Lipinski definition) is 2. The Labute approximate surface area is 124 Å². The Morgan fingerprint density at radius 1 is 1.32 bits per heavy atom. The third-order valence-corrected chi connectivity index (χ3v) is 3.74. The van der Waals surface area contributed by atoms with Crippen LogP contribution in [0.4, 0.5) is 8.78 Å². The Balaban J connectivity index is 1.95. The molecule has 2 aromatic rings. The minimum absolute atomic E-state index is 0.183. The molecule has 1 fully saturated rings. The van der Waals surface area contributed by atoms with Gasteiger partial charge in [0.05, 0.1) is 6.61 Å². The maximum Gasteiger partial charge on any atom is 0.323 e. The molecule has 1 aromatic heterocycles. The third-order valence-electron chi connectivity index (χ3n) is 3.74. The number of carbonyl (C=O) groups excluding carboxylic acids is 2. The Bertz CT molecular complexity index is 753. The number of ether oxygens (including phenoxy) is 1. The van der Waals surface area contributed by atoms with Crippen molar-refractivity contribution in [2.75, 3.05) is 6.61 Å². The van der Waals surface area contributed by atoms with E-state index < -0.39 is 29.4 Å². The van der Waals surface area contributed by atoms with Crippen LogP contribution in [-0.2, 0) is 14.3 Å². The van der Waals surface area contributed by atoms with Gasteiger partial charge in [0.1, 0.15) is 0 Å². The highest BCUT2D eigenvalue weighted by atomic mass is 19.2. The summed E-state index contributed by atoms with van der Waals surface area (Å²) in [6.45, 7) is 0.244. The molecule has 1 aliphatic rings. The average Bonchev–Trinajstić information content (AvgIpc) is 3.21. The number of nitrogens with one attached hydrogen (secondary N) is 1. The molecule has 22 heavy (non-hydrogen) atoms. The van der Waals surface area contributed by atoms with Crippen LogP contribution < -0.4 is 5.73 Å². The second-order valence-corrected chi connectivity index (χ2v) is 5.46. The summed E-state index contributed by atoms with van der Waals surface area (Å²) >= 11 is 0. The van der Waals surface area contributed by atoms with Gasteiger partial charge in [-0.15, -0.1) is 0 Å². The van der Waals surface area contributed by atoms with Gasteiger partial charge in [-0.05, 0) is 24.8 Å². The lowest BCUT2D eigenvalue weighted by atomic mass is 9.98. The van der Waals surface area contributed by atoms with Crippen molar-refractivity contribution in [2.24, 2.45) is 11.7 Å². The van der Waals surface area contributed by atoms with Gasteiger partial charge in [-0.3, -0.25) is 9.59 Å². The summed E-state index contributed by atoms with van der Waals surface area (Å²) in [6, 6.07) is 1.89. The van der Waals surface area contributed by atoms with Crippen molar-refractivity contribution in [3.8, 4) is 0 Å². The molecule has 0 aliphatic heterocycles. The first kappa shape index (κ1) is 14.5. The third kappa shape index (κ3) is 2.66. The maximum atomic E-state index is 13.4. The number of nitrogens with two attached hydrogens (primary N) is 1. The summed E-state index contributed by atoms with van der Waals surface area (Å²) in [5.41, 5.74) is 5.74. The number of primary amides is 1. The van der Waals surface area contributed by atoms with Crippen molar-refractivity contribution in [1.29, 1.82) is 0 Å². The molecular formula is C15H14F2N2O3. The number of benzene rings is 1. The zero-order valence-corrected chi connectivity index (χ0v) is 11.6. The highest BCUT2D eigenvalue weighted by Crippen LogP contribution is 2.31. The highest BCUT2D eigenvalue weighted by molar-refractivity contribution is 6.06. The zero-order valence-electron chi connectivity index (χ0n) is 11.6. The van der Waals surface area contributed by atoms with Crippen molar-refractivity contribution in [2.45, 2.75) is 18.8 Å². The monoisotopic (exact) mass is 308 g/mol. The standard InChI is InChI=1S/C15H14F2N2O3/c16-10-3-8-9(5-19-12(8)4-11(10)17)13(14(18)20)15(21)22-6-7-1-2-7/h3-5,7,13,19H,1-2,6H2,(H2,18,20). The molecule has 1 saturated carbocycles. The van der Waals surface area contributed by atoms with Crippen LogP contribution in [-0.4, -0.2) is 23.5 Å². The van der Waals surface area contributed by atoms with Crippen molar-refractivity contribution in [3.63, 3.8) is 0 Å². The largest absolute Gasteiger partial charge is 0.465 e. The number of aromatic nitrogens is 1. The van der Waals surface area contributed by atoms with E-state index in [9.17, 15) is 18.4 Å². The fourth-order valence-electron chi connectivity index (χ4n) is 2.34. The predicted octanol–water partition coefficient (Wildman–Crippen LogP) is 1.97. The van der Waals surface area contributed by atoms with Gasteiger partial charge in [-0.2, -0.15) is 0 Å². The molecule has 1 aromatic carbocycles. The molecule has 3 rings (SSSR count). The van der Waals surface area contributed by atoms with E-state index in [0.717, 1.165) is 25.0 Å². The summed E-state index contributed by atoms with van der Waals surface area (Å²) in [5.74, 6) is -4.77. The number of carbonyl (C=O) groups is 2. The van der Waals surface area contributed by atoms with E-state index in [1.54, 1.807) is 0 Å². The van der Waals surface area contributed by atoms with Crippen LogP contribution >= 0.6 is 0 Å². The van der Waals surface area contributed by atoms with Crippen molar-refractivity contribution in [3.05, 3.63) is 35.5 Å². The molecule has 1 heterocycles. The first-order valence-corrected chi connectivity index (χ1v) is 6.89. The first-order valence-electron chi connectivity index (χ1n) is 6.89. The topological polar surface area (TPSA) is 85.2 Å². The molecule has 1 atom stereocenters. The average molecular weight is 308 g/mol. The van der Waals surface area contributed by atoms with E-state index >= 15 is 0 Å². The molecule has 116 valence electrons. The lowest BCUT2D eigenvalue weighted by molar-refractivity contribution is -0.148. The molecule has 1 aliphatic carbocycles. The van der Waals surface area contributed by atoms with Crippen LogP contribution in [0, 0.1) is 17.6 Å². The first-order chi connectivity index (χ1) is 10.5. The molecule has 5 nitrogen and oxygen atoms in total. The lowest BCUT2D eigenvalue weighted by Crippen LogP contribution is -2.30. The van der Waals surface area contributed by atoms with Crippen LogP contribution in [0.25, 0.3) is 10.9 Å². The van der Waals surface area contributed by atoms with Crippen molar-refractivity contribution < 1.29 is 23.1 Å². The summed E-state index contributed by atoms with van der Waals surface area (Å²) in [6.07, 6.45) is 3.33. The quantitative estimate of drug-likeness (QED) is 0.654. The Kier molecular flexibility index (Phi) is 3.56. The van der Waals surface area contributed by atoms with Gasteiger partial charge in [0.25, 0.3) is 0 Å². The molecule has 3 N–H and O–H groups in total. The maximum absolute atomic E-state index is 13.4. The van der Waals surface area contributed by atoms with Gasteiger partial charge in [-0.1, -0.05) is 0 Å². The Hall–Kier alpha value is -2.44. The smallest absolute Gasteiger partial charge is 0.323 e. The molecule has 0 saturated heterocycles. The molecule has 1 unspecified atom stereocenters. The SMILES string of the molecule is NC(=O)C(C(=O)OCC1CC1)c1c[nH]c2cc(F)c(F)cc12. The molecular weight excluding hydrogens is 294 g/mol. The van der Waals surface area contributed by atoms with Crippen LogP contribution in [0.2, 0.25) is 0 Å². The van der Waals surface area contributed by atoms with Crippen LogP contribution in [0.15, 0.2) is 18.3 Å². The second-order valence-electron chi connectivity index (χ2n) is 5.46. The number of rotatable bonds is 5. The van der Waals surface area contributed by atoms with Crippen LogP contribution in [0.1, 0.15) is 24.3 Å². The summed E-state index contributed by atoms with van der Waals surface area (Å²) < 4.78 is 31.7. The van der Waals surface area contributed by atoms with E-state index in [2.05, 4.69) is 4.98 Å². The Morgan fingerprint density at radius 3 is 2.64 bits per heavy atom. The minimum Gasteiger partial charge on any atom is -0.465 e. The van der Waals surface area contributed by atoms with Gasteiger partial charge >= 0.3 is 5.97 Å². The van der Waals surface area contributed by atoms with Crippen molar-refractivity contribution in [1.82, 2.24) is 4.98 Å². The van der Waals surface area contributed by atoms with E-state index in [1.807, 2.05) is 0 Å². The molecule has 7 heteroatoms. The number of hydrogen-bond acceptors (Lipinski definition) is 3. The second kappa shape index (κ2) is 5.40. The number of esters is 1. The van der Waals surface area contributed by atoms with Crippen LogP contribution in [0.5, 0.6) is 0 Å². The van der Waals surface area contributed by atoms with Crippen molar-refractivity contribution >= 4 is 22.8 Å². The summed E-state index contributed by atoms with van der Waals surface area (Å²) in [5, 5.41) is 0.228. The van der Waals surface area contributed by atoms with Gasteiger partial charge < -0.3 is 15.5 Å². The molecule has 0 bridgehead atoms. The Morgan fingerprint density at radius 2 is 2.00 bits per heavy atom. The fourth-order valence-corrected chi connectivity index (χ4v) is 2.34. The van der Waals surface area contributed by atoms with E-state index in [4.69, 9.17) is 10.5 Å². The summed E-state index contributed by atoms with van der Waals surface area (Å²) in [4.78, 5) is 26.4. The van der Waals surface area contributed by atoms with E-state index in [0.29, 0.717) is 5.92 Å².